The summed E-state index contributed by atoms with van der Waals surface area (Å²) in [6.45, 7) is 13.1. The standard InChI is InChI=1S/C15H27N3/c1-11(2)9-18(10-12(3)4)14-6-7-15(13(5)16)17-8-14/h6-8,11-13H,9-10,16H2,1-5H3. The Labute approximate surface area is 111 Å². The molecule has 3 nitrogen and oxygen atoms in total. The maximum absolute atomic E-state index is 5.83. The topological polar surface area (TPSA) is 42.1 Å². The van der Waals surface area contributed by atoms with Crippen molar-refractivity contribution >= 4 is 5.69 Å². The molecular weight excluding hydrogens is 222 g/mol. The molecule has 1 aromatic rings. The van der Waals surface area contributed by atoms with Gasteiger partial charge in [-0.15, -0.1) is 0 Å². The second kappa shape index (κ2) is 6.74. The second-order valence-electron chi connectivity index (χ2n) is 5.92. The molecule has 1 atom stereocenters. The minimum Gasteiger partial charge on any atom is -0.370 e. The Kier molecular flexibility index (Phi) is 5.60. The summed E-state index contributed by atoms with van der Waals surface area (Å²) in [7, 11) is 0. The summed E-state index contributed by atoms with van der Waals surface area (Å²) in [6, 6.07) is 4.17. The third kappa shape index (κ3) is 4.65. The van der Waals surface area contributed by atoms with Crippen LogP contribution in [0.2, 0.25) is 0 Å². The van der Waals surface area contributed by atoms with Gasteiger partial charge in [-0.3, -0.25) is 4.98 Å². The largest absolute Gasteiger partial charge is 0.370 e. The quantitative estimate of drug-likeness (QED) is 0.841. The van der Waals surface area contributed by atoms with Gasteiger partial charge in [-0.2, -0.15) is 0 Å². The Morgan fingerprint density at radius 2 is 1.61 bits per heavy atom. The molecule has 1 heterocycles. The lowest BCUT2D eigenvalue weighted by Crippen LogP contribution is -2.31. The van der Waals surface area contributed by atoms with Crippen LogP contribution < -0.4 is 10.6 Å². The van der Waals surface area contributed by atoms with E-state index in [2.05, 4.69) is 43.6 Å². The van der Waals surface area contributed by atoms with E-state index in [4.69, 9.17) is 5.73 Å². The summed E-state index contributed by atoms with van der Waals surface area (Å²) in [5.74, 6) is 1.30. The van der Waals surface area contributed by atoms with E-state index in [0.29, 0.717) is 11.8 Å². The Morgan fingerprint density at radius 3 is 1.94 bits per heavy atom. The highest BCUT2D eigenvalue weighted by atomic mass is 15.1. The zero-order valence-electron chi connectivity index (χ0n) is 12.4. The van der Waals surface area contributed by atoms with Gasteiger partial charge in [0, 0.05) is 19.1 Å². The number of pyridine rings is 1. The molecule has 0 saturated heterocycles. The van der Waals surface area contributed by atoms with Crippen LogP contribution in [-0.2, 0) is 0 Å². The summed E-state index contributed by atoms with van der Waals surface area (Å²) < 4.78 is 0. The molecule has 18 heavy (non-hydrogen) atoms. The SMILES string of the molecule is CC(C)CN(CC(C)C)c1ccc(C(C)N)nc1. The van der Waals surface area contributed by atoms with Gasteiger partial charge in [-0.05, 0) is 30.9 Å². The average molecular weight is 249 g/mol. The van der Waals surface area contributed by atoms with E-state index in [-0.39, 0.29) is 6.04 Å². The van der Waals surface area contributed by atoms with E-state index in [1.807, 2.05) is 19.2 Å². The van der Waals surface area contributed by atoms with E-state index in [0.717, 1.165) is 18.8 Å². The number of rotatable bonds is 6. The Hall–Kier alpha value is -1.09. The molecule has 0 aromatic carbocycles. The molecule has 102 valence electrons. The van der Waals surface area contributed by atoms with Crippen LogP contribution in [0.15, 0.2) is 18.3 Å². The van der Waals surface area contributed by atoms with Crippen molar-refractivity contribution < 1.29 is 0 Å². The molecule has 0 bridgehead atoms. The van der Waals surface area contributed by atoms with Gasteiger partial charge in [-0.25, -0.2) is 0 Å². The molecule has 0 radical (unpaired) electrons. The van der Waals surface area contributed by atoms with Crippen LogP contribution in [0.4, 0.5) is 5.69 Å². The van der Waals surface area contributed by atoms with Gasteiger partial charge in [0.05, 0.1) is 17.6 Å². The van der Waals surface area contributed by atoms with E-state index in [1.54, 1.807) is 0 Å². The van der Waals surface area contributed by atoms with Gasteiger partial charge in [0.1, 0.15) is 0 Å². The van der Waals surface area contributed by atoms with Crippen LogP contribution in [0.25, 0.3) is 0 Å². The van der Waals surface area contributed by atoms with Gasteiger partial charge < -0.3 is 10.6 Å². The molecule has 0 saturated carbocycles. The highest BCUT2D eigenvalue weighted by molar-refractivity contribution is 5.44. The predicted octanol–water partition coefficient (Wildman–Crippen LogP) is 3.22. The molecule has 0 aliphatic rings. The number of nitrogens with zero attached hydrogens (tertiary/aromatic N) is 2. The van der Waals surface area contributed by atoms with Gasteiger partial charge in [-0.1, -0.05) is 27.7 Å². The summed E-state index contributed by atoms with van der Waals surface area (Å²) in [4.78, 5) is 6.86. The van der Waals surface area contributed by atoms with E-state index < -0.39 is 0 Å². The minimum absolute atomic E-state index is 0.00250. The number of hydrogen-bond donors (Lipinski definition) is 1. The molecule has 3 heteroatoms. The smallest absolute Gasteiger partial charge is 0.0569 e. The summed E-state index contributed by atoms with van der Waals surface area (Å²) in [6.07, 6.45) is 1.95. The third-order valence-corrected chi connectivity index (χ3v) is 2.77. The first-order valence-corrected chi connectivity index (χ1v) is 6.86. The zero-order valence-corrected chi connectivity index (χ0v) is 12.4. The van der Waals surface area contributed by atoms with Crippen LogP contribution in [0, 0.1) is 11.8 Å². The maximum Gasteiger partial charge on any atom is 0.0569 e. The van der Waals surface area contributed by atoms with Gasteiger partial charge in [0.15, 0.2) is 0 Å². The van der Waals surface area contributed by atoms with Crippen LogP contribution in [0.5, 0.6) is 0 Å². The first-order chi connectivity index (χ1) is 8.40. The van der Waals surface area contributed by atoms with Crippen molar-refractivity contribution in [1.82, 2.24) is 4.98 Å². The zero-order chi connectivity index (χ0) is 13.7. The third-order valence-electron chi connectivity index (χ3n) is 2.77. The van der Waals surface area contributed by atoms with Crippen LogP contribution in [0.1, 0.15) is 46.4 Å². The van der Waals surface area contributed by atoms with Crippen LogP contribution >= 0.6 is 0 Å². The maximum atomic E-state index is 5.83. The fraction of sp³-hybridized carbons (Fsp3) is 0.667. The van der Waals surface area contributed by atoms with Crippen molar-refractivity contribution in [2.75, 3.05) is 18.0 Å². The molecular formula is C15H27N3. The first kappa shape index (κ1) is 15.0. The number of hydrogen-bond acceptors (Lipinski definition) is 3. The summed E-state index contributed by atoms with van der Waals surface area (Å²) in [5, 5.41) is 0. The first-order valence-electron chi connectivity index (χ1n) is 6.86. The van der Waals surface area contributed by atoms with Crippen molar-refractivity contribution in [2.24, 2.45) is 17.6 Å². The molecule has 2 N–H and O–H groups in total. The number of nitrogens with two attached hydrogens (primary N) is 1. The van der Waals surface area contributed by atoms with Gasteiger partial charge >= 0.3 is 0 Å². The molecule has 0 fully saturated rings. The molecule has 1 aromatic heterocycles. The monoisotopic (exact) mass is 249 g/mol. The molecule has 0 aliphatic carbocycles. The van der Waals surface area contributed by atoms with E-state index in [1.165, 1.54) is 5.69 Å². The fourth-order valence-electron chi connectivity index (χ4n) is 2.02. The van der Waals surface area contributed by atoms with Crippen molar-refractivity contribution in [3.63, 3.8) is 0 Å². The van der Waals surface area contributed by atoms with Gasteiger partial charge in [0.25, 0.3) is 0 Å². The molecule has 0 aliphatic heterocycles. The Balaban J connectivity index is 2.83. The van der Waals surface area contributed by atoms with Gasteiger partial charge in [0.2, 0.25) is 0 Å². The van der Waals surface area contributed by atoms with Crippen LogP contribution in [-0.4, -0.2) is 18.1 Å². The van der Waals surface area contributed by atoms with Crippen molar-refractivity contribution in [3.8, 4) is 0 Å². The highest BCUT2D eigenvalue weighted by Crippen LogP contribution is 2.18. The van der Waals surface area contributed by atoms with E-state index in [9.17, 15) is 0 Å². The average Bonchev–Trinajstić information content (AvgIpc) is 2.27. The number of anilines is 1. The number of aromatic nitrogens is 1. The Bertz CT molecular complexity index is 331. The van der Waals surface area contributed by atoms with Crippen LogP contribution in [0.3, 0.4) is 0 Å². The Morgan fingerprint density at radius 1 is 1.06 bits per heavy atom. The predicted molar refractivity (Wildman–Crippen MR) is 78.7 cm³/mol. The lowest BCUT2D eigenvalue weighted by atomic mass is 10.1. The molecule has 0 spiro atoms. The molecule has 1 rings (SSSR count). The lowest BCUT2D eigenvalue weighted by molar-refractivity contribution is 0.552. The fourth-order valence-corrected chi connectivity index (χ4v) is 2.02. The summed E-state index contributed by atoms with van der Waals surface area (Å²) in [5.41, 5.74) is 7.97. The summed E-state index contributed by atoms with van der Waals surface area (Å²) >= 11 is 0. The minimum atomic E-state index is 0.00250. The van der Waals surface area contributed by atoms with Crippen molar-refractivity contribution in [1.29, 1.82) is 0 Å². The second-order valence-corrected chi connectivity index (χ2v) is 5.92. The highest BCUT2D eigenvalue weighted by Gasteiger charge is 2.11. The molecule has 1 unspecified atom stereocenters. The van der Waals surface area contributed by atoms with Crippen molar-refractivity contribution in [2.45, 2.75) is 40.7 Å². The normalized spacial score (nSPS) is 13.1. The van der Waals surface area contributed by atoms with E-state index >= 15 is 0 Å². The lowest BCUT2D eigenvalue weighted by Gasteiger charge is -2.28. The van der Waals surface area contributed by atoms with Crippen molar-refractivity contribution in [3.05, 3.63) is 24.0 Å². The molecule has 0 amide bonds.